The summed E-state index contributed by atoms with van der Waals surface area (Å²) in [5, 5.41) is 8.20. The summed E-state index contributed by atoms with van der Waals surface area (Å²) in [6.45, 7) is 7.01. The van der Waals surface area contributed by atoms with Crippen LogP contribution in [0.25, 0.3) is 33.3 Å². The lowest BCUT2D eigenvalue weighted by atomic mass is 10.1. The predicted molar refractivity (Wildman–Crippen MR) is 182 cm³/mol. The van der Waals surface area contributed by atoms with Gasteiger partial charge in [-0.2, -0.15) is 13.5 Å². The van der Waals surface area contributed by atoms with E-state index >= 15 is 0 Å². The number of nitrogen functional groups attached to an aromatic ring is 1. The average Bonchev–Trinajstić information content (AvgIpc) is 3.60. The second-order valence-corrected chi connectivity index (χ2v) is 14.2. The van der Waals surface area contributed by atoms with Crippen molar-refractivity contribution in [1.82, 2.24) is 34.4 Å². The van der Waals surface area contributed by atoms with Gasteiger partial charge in [0.2, 0.25) is 0 Å². The molecule has 1 atom stereocenters. The van der Waals surface area contributed by atoms with E-state index < -0.39 is 27.8 Å². The molecule has 15 heteroatoms. The minimum atomic E-state index is -4.02. The molecule has 0 unspecified atom stereocenters. The van der Waals surface area contributed by atoms with Crippen LogP contribution in [0.2, 0.25) is 5.15 Å². The van der Waals surface area contributed by atoms with Gasteiger partial charge in [-0.15, -0.1) is 4.09 Å². The van der Waals surface area contributed by atoms with Gasteiger partial charge in [-0.3, -0.25) is 0 Å². The molecule has 0 bridgehead atoms. The largest absolute Gasteiger partial charge is 0.488 e. The van der Waals surface area contributed by atoms with Crippen LogP contribution in [0.3, 0.4) is 0 Å². The van der Waals surface area contributed by atoms with Crippen LogP contribution < -0.4 is 15.8 Å². The zero-order valence-electron chi connectivity index (χ0n) is 26.6. The van der Waals surface area contributed by atoms with E-state index in [0.717, 1.165) is 20.6 Å². The molecule has 0 saturated heterocycles. The van der Waals surface area contributed by atoms with E-state index in [-0.39, 0.29) is 39.4 Å². The normalized spacial score (nSPS) is 12.7. The highest BCUT2D eigenvalue weighted by molar-refractivity contribution is 7.90. The van der Waals surface area contributed by atoms with Crippen LogP contribution in [0.5, 0.6) is 5.75 Å². The number of hydrogen-bond acceptors (Lipinski definition) is 10. The number of halogens is 1. The molecular weight excluding hydrogens is 656 g/mol. The number of H-pyrrole nitrogens is 1. The number of ether oxygens (including phenoxy) is 2. The van der Waals surface area contributed by atoms with Crippen LogP contribution in [-0.2, 0) is 21.2 Å². The van der Waals surface area contributed by atoms with E-state index in [9.17, 15) is 13.2 Å². The van der Waals surface area contributed by atoms with Crippen LogP contribution in [-0.4, -0.2) is 61.9 Å². The summed E-state index contributed by atoms with van der Waals surface area (Å²) in [5.41, 5.74) is 8.79. The van der Waals surface area contributed by atoms with Gasteiger partial charge in [0.25, 0.3) is 10.0 Å². The Labute approximate surface area is 281 Å². The highest BCUT2D eigenvalue weighted by atomic mass is 35.5. The maximum absolute atomic E-state index is 13.3. The highest BCUT2D eigenvalue weighted by Gasteiger charge is 2.25. The topological polar surface area (TPSA) is 180 Å². The Morgan fingerprint density at radius 1 is 1.10 bits per heavy atom. The van der Waals surface area contributed by atoms with Crippen LogP contribution in [0.15, 0.2) is 78.0 Å². The van der Waals surface area contributed by atoms with Crippen molar-refractivity contribution in [2.45, 2.75) is 50.7 Å². The van der Waals surface area contributed by atoms with Crippen molar-refractivity contribution >= 4 is 55.6 Å². The SMILES string of the molecule is Cc1nn(S(=O)(=O)c2ccccc2)c2ncc(-c3cc(OC[C@H](Cc4c[nH]c5ccccc45)NC(=O)OC(C)(C)C)c(N)nc3Cl)nc12. The summed E-state index contributed by atoms with van der Waals surface area (Å²) in [6, 6.07) is 16.9. The lowest BCUT2D eigenvalue weighted by Crippen LogP contribution is -2.43. The van der Waals surface area contributed by atoms with Crippen LogP contribution in [0.4, 0.5) is 10.6 Å². The van der Waals surface area contributed by atoms with Gasteiger partial charge in [0, 0.05) is 22.7 Å². The van der Waals surface area contributed by atoms with Crippen LogP contribution >= 0.6 is 11.6 Å². The minimum absolute atomic E-state index is 0.0135. The number of carbonyl (C=O) groups is 1. The quantitative estimate of drug-likeness (QED) is 0.160. The van der Waals surface area contributed by atoms with Gasteiger partial charge in [-0.25, -0.2) is 19.7 Å². The fraction of sp³-hybridized carbons (Fsp3) is 0.242. The third-order valence-electron chi connectivity index (χ3n) is 7.33. The Morgan fingerprint density at radius 2 is 1.83 bits per heavy atom. The van der Waals surface area contributed by atoms with Crippen molar-refractivity contribution in [3.8, 4) is 17.0 Å². The molecule has 0 fully saturated rings. The van der Waals surface area contributed by atoms with E-state index in [1.807, 2.05) is 30.5 Å². The smallest absolute Gasteiger partial charge is 0.408 e. The molecule has 13 nitrogen and oxygen atoms in total. The number of alkyl carbamates (subject to hydrolysis) is 1. The molecule has 48 heavy (non-hydrogen) atoms. The number of fused-ring (bicyclic) bond motifs is 2. The first-order chi connectivity index (χ1) is 22.8. The predicted octanol–water partition coefficient (Wildman–Crippen LogP) is 5.67. The minimum Gasteiger partial charge on any atom is -0.488 e. The third kappa shape index (κ3) is 6.75. The monoisotopic (exact) mass is 688 g/mol. The van der Waals surface area contributed by atoms with Crippen molar-refractivity contribution in [3.05, 3.63) is 89.5 Å². The molecule has 0 aliphatic carbocycles. The first-order valence-electron chi connectivity index (χ1n) is 15.0. The van der Waals surface area contributed by atoms with E-state index in [1.54, 1.807) is 52.0 Å². The van der Waals surface area contributed by atoms with Crippen molar-refractivity contribution in [2.24, 2.45) is 0 Å². The van der Waals surface area contributed by atoms with E-state index in [1.165, 1.54) is 18.3 Å². The molecule has 6 aromatic rings. The molecular formula is C33H33ClN8O5S. The van der Waals surface area contributed by atoms with Gasteiger partial charge in [-0.05, 0) is 63.9 Å². The molecule has 0 aliphatic heterocycles. The number of aromatic amines is 1. The molecule has 2 aromatic carbocycles. The molecule has 4 aromatic heterocycles. The second kappa shape index (κ2) is 12.8. The molecule has 248 valence electrons. The highest BCUT2D eigenvalue weighted by Crippen LogP contribution is 2.33. The molecule has 0 radical (unpaired) electrons. The Hall–Kier alpha value is -5.21. The van der Waals surface area contributed by atoms with Crippen molar-refractivity contribution in [2.75, 3.05) is 12.3 Å². The second-order valence-electron chi connectivity index (χ2n) is 12.1. The number of nitrogens with zero attached hydrogens (tertiary/aromatic N) is 5. The van der Waals surface area contributed by atoms with Gasteiger partial charge in [0.1, 0.15) is 22.9 Å². The van der Waals surface area contributed by atoms with E-state index in [4.69, 9.17) is 26.8 Å². The molecule has 1 amide bonds. The van der Waals surface area contributed by atoms with Gasteiger partial charge < -0.3 is 25.5 Å². The maximum Gasteiger partial charge on any atom is 0.408 e. The lowest BCUT2D eigenvalue weighted by Gasteiger charge is -2.24. The number of nitrogens with two attached hydrogens (primary N) is 1. The summed E-state index contributed by atoms with van der Waals surface area (Å²) < 4.78 is 39.2. The lowest BCUT2D eigenvalue weighted by molar-refractivity contribution is 0.0488. The molecule has 0 aliphatic rings. The van der Waals surface area contributed by atoms with Crippen molar-refractivity contribution in [1.29, 1.82) is 0 Å². The standard InChI is InChI=1S/C33H33ClN8O5S/c1-19-28-31(42(41-19)48(44,45)22-10-6-5-7-11-22)37-17-26(39-28)24-15-27(30(35)40-29(24)34)46-18-21(38-32(43)47-33(2,3)4)14-20-16-36-25-13-9-8-12-23(20)25/h5-13,15-17,21,36H,14,18H2,1-4H3,(H2,35,40)(H,38,43)/t21-/m0/s1. The molecule has 4 N–H and O–H groups in total. The number of nitrogens with one attached hydrogen (secondary N) is 2. The van der Waals surface area contributed by atoms with Crippen molar-refractivity contribution < 1.29 is 22.7 Å². The maximum atomic E-state index is 13.3. The third-order valence-corrected chi connectivity index (χ3v) is 9.20. The first kappa shape index (κ1) is 32.7. The van der Waals surface area contributed by atoms with Gasteiger partial charge in [-0.1, -0.05) is 48.0 Å². The van der Waals surface area contributed by atoms with Crippen LogP contribution in [0.1, 0.15) is 32.0 Å². The number of aromatic nitrogens is 6. The van der Waals surface area contributed by atoms with E-state index in [0.29, 0.717) is 23.4 Å². The van der Waals surface area contributed by atoms with Gasteiger partial charge >= 0.3 is 6.09 Å². The first-order valence-corrected chi connectivity index (χ1v) is 16.8. The van der Waals surface area contributed by atoms with Crippen molar-refractivity contribution in [3.63, 3.8) is 0 Å². The Morgan fingerprint density at radius 3 is 2.58 bits per heavy atom. The summed E-state index contributed by atoms with van der Waals surface area (Å²) in [7, 11) is -4.02. The number of benzene rings is 2. The van der Waals surface area contributed by atoms with E-state index in [2.05, 4.69) is 30.4 Å². The number of carbonyl (C=O) groups excluding carboxylic acids is 1. The summed E-state index contributed by atoms with van der Waals surface area (Å²) in [4.78, 5) is 29.4. The number of anilines is 1. The number of para-hydroxylation sites is 1. The average molecular weight is 689 g/mol. The summed E-state index contributed by atoms with van der Waals surface area (Å²) in [5.74, 6) is 0.226. The zero-order valence-corrected chi connectivity index (χ0v) is 28.1. The summed E-state index contributed by atoms with van der Waals surface area (Å²) >= 11 is 6.52. The van der Waals surface area contributed by atoms with Gasteiger partial charge in [0.05, 0.1) is 28.5 Å². The Bertz CT molecular complexity index is 2250. The van der Waals surface area contributed by atoms with Gasteiger partial charge in [0.15, 0.2) is 17.2 Å². The Balaban J connectivity index is 1.29. The number of hydrogen-bond donors (Lipinski definition) is 3. The molecule has 4 heterocycles. The molecule has 0 saturated carbocycles. The molecule has 6 rings (SSSR count). The number of pyridine rings is 1. The number of amides is 1. The zero-order chi connectivity index (χ0) is 34.2. The summed E-state index contributed by atoms with van der Waals surface area (Å²) in [6.07, 6.45) is 3.11. The fourth-order valence-electron chi connectivity index (χ4n) is 5.15. The Kier molecular flexibility index (Phi) is 8.70. The van der Waals surface area contributed by atoms with Crippen LogP contribution in [0, 0.1) is 6.92 Å². The molecule has 0 spiro atoms. The fourth-order valence-corrected chi connectivity index (χ4v) is 6.68. The number of rotatable bonds is 9. The number of aryl methyl sites for hydroxylation is 1.